The molecule has 0 bridgehead atoms. The summed E-state index contributed by atoms with van der Waals surface area (Å²) < 4.78 is 11.6. The van der Waals surface area contributed by atoms with Crippen molar-refractivity contribution >= 4 is 46.3 Å². The molecule has 0 spiro atoms. The minimum atomic E-state index is -0.360. The topological polar surface area (TPSA) is 89.0 Å². The SMILES string of the molecule is C#CCOc1c(I)cc(C=NNC(=O)CCC(=O)Nc2ccc(C)cc2)cc1OC. The van der Waals surface area contributed by atoms with E-state index in [4.69, 9.17) is 15.9 Å². The summed E-state index contributed by atoms with van der Waals surface area (Å²) >= 11 is 2.10. The average molecular weight is 519 g/mol. The first-order valence-corrected chi connectivity index (χ1v) is 10.1. The number of hydrazone groups is 1. The monoisotopic (exact) mass is 519 g/mol. The molecule has 8 heteroatoms. The van der Waals surface area contributed by atoms with E-state index in [0.29, 0.717) is 22.7 Å². The minimum absolute atomic E-state index is 0.0226. The van der Waals surface area contributed by atoms with Gasteiger partial charge in [0.25, 0.3) is 0 Å². The fraction of sp³-hybridized carbons (Fsp3) is 0.227. The molecule has 0 saturated heterocycles. The molecule has 0 aliphatic heterocycles. The van der Waals surface area contributed by atoms with Crippen LogP contribution in [0.4, 0.5) is 5.69 Å². The average Bonchev–Trinajstić information content (AvgIpc) is 2.73. The van der Waals surface area contributed by atoms with Crippen molar-refractivity contribution in [2.75, 3.05) is 19.0 Å². The molecule has 0 aliphatic rings. The number of terminal acetylenes is 1. The minimum Gasteiger partial charge on any atom is -0.493 e. The number of ether oxygens (including phenoxy) is 2. The number of carbonyl (C=O) groups is 2. The number of hydrogen-bond donors (Lipinski definition) is 2. The van der Waals surface area contributed by atoms with Gasteiger partial charge in [-0.25, -0.2) is 5.43 Å². The van der Waals surface area contributed by atoms with Crippen LogP contribution in [0.15, 0.2) is 41.5 Å². The van der Waals surface area contributed by atoms with Gasteiger partial charge in [0.05, 0.1) is 16.9 Å². The molecule has 0 unspecified atom stereocenters. The lowest BCUT2D eigenvalue weighted by Gasteiger charge is -2.11. The number of hydrogen-bond acceptors (Lipinski definition) is 5. The Morgan fingerprint density at radius 1 is 1.20 bits per heavy atom. The number of rotatable bonds is 9. The van der Waals surface area contributed by atoms with Crippen molar-refractivity contribution in [2.45, 2.75) is 19.8 Å². The maximum atomic E-state index is 11.9. The number of benzene rings is 2. The zero-order valence-electron chi connectivity index (χ0n) is 16.7. The third kappa shape index (κ3) is 7.40. The second kappa shape index (κ2) is 11.8. The number of anilines is 1. The van der Waals surface area contributed by atoms with Crippen LogP contribution in [-0.2, 0) is 9.59 Å². The van der Waals surface area contributed by atoms with Gasteiger partial charge in [-0.1, -0.05) is 23.6 Å². The first kappa shape index (κ1) is 23.2. The number of methoxy groups -OCH3 is 1. The van der Waals surface area contributed by atoms with Crippen molar-refractivity contribution in [3.05, 3.63) is 51.1 Å². The molecular weight excluding hydrogens is 497 g/mol. The van der Waals surface area contributed by atoms with Crippen molar-refractivity contribution in [3.63, 3.8) is 0 Å². The molecule has 156 valence electrons. The van der Waals surface area contributed by atoms with Crippen LogP contribution in [0.3, 0.4) is 0 Å². The maximum Gasteiger partial charge on any atom is 0.240 e. The van der Waals surface area contributed by atoms with Crippen molar-refractivity contribution in [1.29, 1.82) is 0 Å². The van der Waals surface area contributed by atoms with Crippen LogP contribution in [0.1, 0.15) is 24.0 Å². The van der Waals surface area contributed by atoms with Gasteiger partial charge >= 0.3 is 0 Å². The van der Waals surface area contributed by atoms with E-state index >= 15 is 0 Å². The summed E-state index contributed by atoms with van der Waals surface area (Å²) in [4.78, 5) is 23.9. The molecular formula is C22H22IN3O4. The van der Waals surface area contributed by atoms with Gasteiger partial charge in [0.1, 0.15) is 6.61 Å². The Kier molecular flexibility index (Phi) is 9.15. The van der Waals surface area contributed by atoms with E-state index in [0.717, 1.165) is 9.13 Å². The van der Waals surface area contributed by atoms with Gasteiger partial charge in [-0.15, -0.1) is 6.42 Å². The number of halogens is 1. The highest BCUT2D eigenvalue weighted by Crippen LogP contribution is 2.33. The summed E-state index contributed by atoms with van der Waals surface area (Å²) in [6, 6.07) is 11.0. The van der Waals surface area contributed by atoms with Crippen molar-refractivity contribution in [2.24, 2.45) is 5.10 Å². The van der Waals surface area contributed by atoms with Crippen molar-refractivity contribution < 1.29 is 19.1 Å². The highest BCUT2D eigenvalue weighted by atomic mass is 127. The molecule has 2 aromatic carbocycles. The Morgan fingerprint density at radius 2 is 1.90 bits per heavy atom. The molecule has 2 N–H and O–H groups in total. The number of nitrogens with zero attached hydrogens (tertiary/aromatic N) is 1. The molecule has 0 radical (unpaired) electrons. The molecule has 2 aromatic rings. The largest absolute Gasteiger partial charge is 0.493 e. The van der Waals surface area contributed by atoms with E-state index in [-0.39, 0.29) is 31.3 Å². The van der Waals surface area contributed by atoms with Crippen LogP contribution < -0.4 is 20.2 Å². The van der Waals surface area contributed by atoms with Gasteiger partial charge in [0.2, 0.25) is 11.8 Å². The summed E-state index contributed by atoms with van der Waals surface area (Å²) in [7, 11) is 1.53. The number of amides is 2. The highest BCUT2D eigenvalue weighted by molar-refractivity contribution is 14.1. The molecule has 0 aromatic heterocycles. The molecule has 0 fully saturated rings. The zero-order chi connectivity index (χ0) is 21.9. The Labute approximate surface area is 189 Å². The summed E-state index contributed by atoms with van der Waals surface area (Å²) in [6.45, 7) is 2.10. The lowest BCUT2D eigenvalue weighted by Crippen LogP contribution is -2.20. The quantitative estimate of drug-likeness (QED) is 0.230. The van der Waals surface area contributed by atoms with Gasteiger partial charge < -0.3 is 14.8 Å². The Hall–Kier alpha value is -3.06. The first-order chi connectivity index (χ1) is 14.4. The standard InChI is InChI=1S/C22H22IN3O4/c1-4-11-30-22-18(23)12-16(13-19(22)29-3)14-24-26-21(28)10-9-20(27)25-17-7-5-15(2)6-8-17/h1,5-8,12-14H,9-11H2,2-3H3,(H,25,27)(H,26,28). The van der Waals surface area contributed by atoms with Crippen LogP contribution in [0.25, 0.3) is 0 Å². The second-order valence-corrected chi connectivity index (χ2v) is 7.40. The third-order valence-corrected chi connectivity index (χ3v) is 4.67. The lowest BCUT2D eigenvalue weighted by atomic mass is 10.2. The summed E-state index contributed by atoms with van der Waals surface area (Å²) in [5.41, 5.74) is 4.92. The molecule has 0 atom stereocenters. The van der Waals surface area contributed by atoms with E-state index in [2.05, 4.69) is 44.4 Å². The van der Waals surface area contributed by atoms with Gasteiger partial charge in [0.15, 0.2) is 11.5 Å². The zero-order valence-corrected chi connectivity index (χ0v) is 18.9. The third-order valence-electron chi connectivity index (χ3n) is 3.87. The predicted octanol–water partition coefficient (Wildman–Crippen LogP) is 3.49. The van der Waals surface area contributed by atoms with E-state index in [1.165, 1.54) is 13.3 Å². The van der Waals surface area contributed by atoms with E-state index in [1.807, 2.05) is 37.3 Å². The second-order valence-electron chi connectivity index (χ2n) is 6.23. The number of carbonyl (C=O) groups excluding carboxylic acids is 2. The number of aryl methyl sites for hydroxylation is 1. The van der Waals surface area contributed by atoms with Gasteiger partial charge in [-0.05, 0) is 59.3 Å². The fourth-order valence-electron chi connectivity index (χ4n) is 2.39. The van der Waals surface area contributed by atoms with Crippen molar-refractivity contribution in [3.8, 4) is 23.8 Å². The lowest BCUT2D eigenvalue weighted by molar-refractivity contribution is -0.124. The van der Waals surface area contributed by atoms with Crippen molar-refractivity contribution in [1.82, 2.24) is 5.43 Å². The fourth-order valence-corrected chi connectivity index (χ4v) is 3.17. The van der Waals surface area contributed by atoms with Gasteiger partial charge in [-0.3, -0.25) is 9.59 Å². The summed E-state index contributed by atoms with van der Waals surface area (Å²) in [5.74, 6) is 2.88. The van der Waals surface area contributed by atoms with Crippen LogP contribution in [0.2, 0.25) is 0 Å². The predicted molar refractivity (Wildman–Crippen MR) is 125 cm³/mol. The molecule has 2 rings (SSSR count). The van der Waals surface area contributed by atoms with Crippen LogP contribution in [0, 0.1) is 22.8 Å². The Balaban J connectivity index is 1.85. The maximum absolute atomic E-state index is 11.9. The molecule has 30 heavy (non-hydrogen) atoms. The molecule has 0 heterocycles. The number of nitrogens with one attached hydrogen (secondary N) is 2. The highest BCUT2D eigenvalue weighted by Gasteiger charge is 2.11. The van der Waals surface area contributed by atoms with E-state index < -0.39 is 0 Å². The molecule has 0 aliphatic carbocycles. The Bertz CT molecular complexity index is 966. The smallest absolute Gasteiger partial charge is 0.240 e. The molecule has 2 amide bonds. The summed E-state index contributed by atoms with van der Waals surface area (Å²) in [5, 5.41) is 6.68. The van der Waals surface area contributed by atoms with E-state index in [9.17, 15) is 9.59 Å². The van der Waals surface area contributed by atoms with Gasteiger partial charge in [0, 0.05) is 18.5 Å². The normalized spacial score (nSPS) is 10.3. The Morgan fingerprint density at radius 3 is 2.57 bits per heavy atom. The van der Waals surface area contributed by atoms with Gasteiger partial charge in [-0.2, -0.15) is 5.10 Å². The molecule has 0 saturated carbocycles. The first-order valence-electron chi connectivity index (χ1n) is 9.05. The molecule has 7 nitrogen and oxygen atoms in total. The van der Waals surface area contributed by atoms with E-state index in [1.54, 1.807) is 6.07 Å². The van der Waals surface area contributed by atoms with Crippen LogP contribution in [0.5, 0.6) is 11.5 Å². The summed E-state index contributed by atoms with van der Waals surface area (Å²) in [6.07, 6.45) is 6.79. The van der Waals surface area contributed by atoms with Crippen LogP contribution >= 0.6 is 22.6 Å². The van der Waals surface area contributed by atoms with Crippen LogP contribution in [-0.4, -0.2) is 31.7 Å².